The van der Waals surface area contributed by atoms with E-state index < -0.39 is 22.5 Å². The summed E-state index contributed by atoms with van der Waals surface area (Å²) in [6.45, 7) is 2.90. The van der Waals surface area contributed by atoms with Gasteiger partial charge in [-0.1, -0.05) is 24.3 Å². The van der Waals surface area contributed by atoms with Crippen LogP contribution >= 0.6 is 0 Å². The van der Waals surface area contributed by atoms with Crippen LogP contribution in [0.25, 0.3) is 0 Å². The lowest BCUT2D eigenvalue weighted by molar-refractivity contribution is -0.129. The summed E-state index contributed by atoms with van der Waals surface area (Å²) in [6.07, 6.45) is 2.38. The molecule has 2 amide bonds. The molecule has 1 aliphatic heterocycles. The highest BCUT2D eigenvalue weighted by Gasteiger charge is 2.30. The summed E-state index contributed by atoms with van der Waals surface area (Å²) in [5, 5.41) is 2.77. The zero-order valence-electron chi connectivity index (χ0n) is 22.3. The molecule has 1 fully saturated rings. The molecule has 0 bridgehead atoms. The van der Waals surface area contributed by atoms with Crippen molar-refractivity contribution in [3.8, 4) is 11.5 Å². The van der Waals surface area contributed by atoms with Gasteiger partial charge in [0.1, 0.15) is 22.9 Å². The van der Waals surface area contributed by atoms with Crippen molar-refractivity contribution >= 4 is 33.2 Å². The lowest BCUT2D eigenvalue weighted by atomic mass is 10.1. The second kappa shape index (κ2) is 12.2. The fourth-order valence-corrected chi connectivity index (χ4v) is 6.13. The van der Waals surface area contributed by atoms with Crippen molar-refractivity contribution in [2.75, 3.05) is 43.5 Å². The molecule has 0 atom stereocenters. The van der Waals surface area contributed by atoms with Crippen molar-refractivity contribution in [3.05, 3.63) is 77.9 Å². The predicted molar refractivity (Wildman–Crippen MR) is 150 cm³/mol. The second-order valence-corrected chi connectivity index (χ2v) is 11.2. The zero-order chi connectivity index (χ0) is 28.0. The van der Waals surface area contributed by atoms with Crippen molar-refractivity contribution in [2.24, 2.45) is 0 Å². The summed E-state index contributed by atoms with van der Waals surface area (Å²) in [6, 6.07) is 18.3. The van der Waals surface area contributed by atoms with Crippen molar-refractivity contribution in [3.63, 3.8) is 0 Å². The van der Waals surface area contributed by atoms with Gasteiger partial charge < -0.3 is 19.7 Å². The summed E-state index contributed by atoms with van der Waals surface area (Å²) >= 11 is 0. The number of nitrogens with zero attached hydrogens (tertiary/aromatic N) is 2. The summed E-state index contributed by atoms with van der Waals surface area (Å²) in [5.41, 5.74) is 2.34. The summed E-state index contributed by atoms with van der Waals surface area (Å²) in [4.78, 5) is 27.4. The van der Waals surface area contributed by atoms with E-state index in [1.54, 1.807) is 67.6 Å². The molecule has 0 saturated carbocycles. The van der Waals surface area contributed by atoms with Crippen LogP contribution in [0, 0.1) is 6.92 Å². The number of carbonyl (C=O) groups is 2. The van der Waals surface area contributed by atoms with Gasteiger partial charge in [0, 0.05) is 24.8 Å². The van der Waals surface area contributed by atoms with Crippen molar-refractivity contribution < 1.29 is 27.5 Å². The third-order valence-corrected chi connectivity index (χ3v) is 8.36. The van der Waals surface area contributed by atoms with Gasteiger partial charge in [-0.2, -0.15) is 0 Å². The average Bonchev–Trinajstić information content (AvgIpc) is 3.48. The van der Waals surface area contributed by atoms with E-state index in [-0.39, 0.29) is 22.2 Å². The van der Waals surface area contributed by atoms with Gasteiger partial charge in [0.05, 0.1) is 26.3 Å². The Balaban J connectivity index is 1.55. The molecule has 0 radical (unpaired) electrons. The number of ether oxygens (including phenoxy) is 2. The first-order valence-corrected chi connectivity index (χ1v) is 14.1. The van der Waals surface area contributed by atoms with Crippen LogP contribution in [-0.4, -0.2) is 59.0 Å². The molecular weight excluding hydrogens is 518 g/mol. The summed E-state index contributed by atoms with van der Waals surface area (Å²) in [7, 11) is -1.33. The van der Waals surface area contributed by atoms with Crippen LogP contribution in [0.2, 0.25) is 0 Å². The topological polar surface area (TPSA) is 105 Å². The van der Waals surface area contributed by atoms with E-state index in [2.05, 4.69) is 5.32 Å². The van der Waals surface area contributed by atoms with Gasteiger partial charge in [-0.15, -0.1) is 0 Å². The van der Waals surface area contributed by atoms with Crippen molar-refractivity contribution in [2.45, 2.75) is 31.1 Å². The lowest BCUT2D eigenvalue weighted by Gasteiger charge is -2.25. The second-order valence-electron chi connectivity index (χ2n) is 9.38. The van der Waals surface area contributed by atoms with E-state index >= 15 is 0 Å². The molecule has 0 unspecified atom stereocenters. The highest BCUT2D eigenvalue weighted by molar-refractivity contribution is 7.93. The Kier molecular flexibility index (Phi) is 8.75. The van der Waals surface area contributed by atoms with E-state index in [1.165, 1.54) is 20.3 Å². The maximum Gasteiger partial charge on any atom is 0.268 e. The maximum absolute atomic E-state index is 13.9. The molecule has 0 spiro atoms. The highest BCUT2D eigenvalue weighted by atomic mass is 32.2. The highest BCUT2D eigenvalue weighted by Crippen LogP contribution is 2.32. The van der Waals surface area contributed by atoms with Crippen LogP contribution in [0.4, 0.5) is 11.4 Å². The smallest absolute Gasteiger partial charge is 0.268 e. The lowest BCUT2D eigenvalue weighted by Crippen LogP contribution is -2.38. The number of aryl methyl sites for hydroxylation is 1. The first kappa shape index (κ1) is 28.0. The van der Waals surface area contributed by atoms with E-state index in [0.717, 1.165) is 41.4 Å². The first-order valence-electron chi connectivity index (χ1n) is 12.7. The number of carbonyl (C=O) groups excluding carboxylic acids is 2. The largest absolute Gasteiger partial charge is 0.497 e. The minimum absolute atomic E-state index is 0.0485. The van der Waals surface area contributed by atoms with E-state index in [4.69, 9.17) is 9.47 Å². The number of hydrogen-bond donors (Lipinski definition) is 1. The molecule has 206 valence electrons. The molecule has 1 saturated heterocycles. The van der Waals surface area contributed by atoms with E-state index in [9.17, 15) is 18.0 Å². The van der Waals surface area contributed by atoms with Crippen LogP contribution < -0.4 is 19.1 Å². The van der Waals surface area contributed by atoms with Gasteiger partial charge in [0.2, 0.25) is 11.8 Å². The Morgan fingerprint density at radius 3 is 2.33 bits per heavy atom. The number of nitrogens with one attached hydrogen (secondary N) is 1. The molecule has 3 aromatic rings. The monoisotopic (exact) mass is 551 g/mol. The molecule has 4 rings (SSSR count). The molecule has 1 aliphatic rings. The third-order valence-electron chi connectivity index (χ3n) is 6.57. The van der Waals surface area contributed by atoms with E-state index in [0.29, 0.717) is 17.9 Å². The van der Waals surface area contributed by atoms with Gasteiger partial charge in [-0.3, -0.25) is 13.9 Å². The molecule has 1 heterocycles. The SMILES string of the molecule is COc1cccc(N(CC(=O)Nc2ccc(CC(=O)N3CCCC3)cc2)S(=O)(=O)c2cc(C)ccc2OC)c1. The van der Waals surface area contributed by atoms with Gasteiger partial charge in [0.15, 0.2) is 0 Å². The fourth-order valence-electron chi connectivity index (χ4n) is 4.47. The number of likely N-dealkylation sites (tertiary alicyclic amines) is 1. The number of hydrogen-bond acceptors (Lipinski definition) is 6. The Morgan fingerprint density at radius 2 is 1.67 bits per heavy atom. The number of methoxy groups -OCH3 is 2. The minimum atomic E-state index is -4.21. The minimum Gasteiger partial charge on any atom is -0.497 e. The first-order chi connectivity index (χ1) is 18.7. The molecule has 0 aromatic heterocycles. The van der Waals surface area contributed by atoms with Crippen molar-refractivity contribution in [1.82, 2.24) is 4.90 Å². The Hall–Kier alpha value is -4.05. The number of sulfonamides is 1. The molecular formula is C29H33N3O6S. The number of amides is 2. The predicted octanol–water partition coefficient (Wildman–Crippen LogP) is 4.01. The van der Waals surface area contributed by atoms with Crippen LogP contribution in [0.3, 0.4) is 0 Å². The Morgan fingerprint density at radius 1 is 0.949 bits per heavy atom. The number of anilines is 2. The van der Waals surface area contributed by atoms with Gasteiger partial charge in [-0.25, -0.2) is 8.42 Å². The normalized spacial score (nSPS) is 13.2. The fraction of sp³-hybridized carbons (Fsp3) is 0.310. The average molecular weight is 552 g/mol. The molecule has 39 heavy (non-hydrogen) atoms. The zero-order valence-corrected chi connectivity index (χ0v) is 23.2. The molecule has 10 heteroatoms. The van der Waals surface area contributed by atoms with Gasteiger partial charge in [0.25, 0.3) is 10.0 Å². The van der Waals surface area contributed by atoms with Gasteiger partial charge >= 0.3 is 0 Å². The van der Waals surface area contributed by atoms with Crippen LogP contribution in [0.15, 0.2) is 71.6 Å². The van der Waals surface area contributed by atoms with Crippen molar-refractivity contribution in [1.29, 1.82) is 0 Å². The van der Waals surface area contributed by atoms with Gasteiger partial charge in [-0.05, 0) is 67.3 Å². The summed E-state index contributed by atoms with van der Waals surface area (Å²) < 4.78 is 39.4. The van der Waals surface area contributed by atoms with Crippen LogP contribution in [-0.2, 0) is 26.0 Å². The number of rotatable bonds is 10. The Labute approximate surface area is 229 Å². The third kappa shape index (κ3) is 6.69. The maximum atomic E-state index is 13.9. The van der Waals surface area contributed by atoms with Crippen LogP contribution in [0.1, 0.15) is 24.0 Å². The molecule has 1 N–H and O–H groups in total. The van der Waals surface area contributed by atoms with E-state index in [1.807, 2.05) is 4.90 Å². The molecule has 9 nitrogen and oxygen atoms in total. The number of benzene rings is 3. The molecule has 0 aliphatic carbocycles. The van der Waals surface area contributed by atoms with Crippen LogP contribution in [0.5, 0.6) is 11.5 Å². The molecule has 3 aromatic carbocycles. The Bertz CT molecular complexity index is 1430. The standard InChI is InChI=1S/C29H33N3O6S/c1-21-9-14-26(38-3)27(17-21)39(35,36)32(24-7-6-8-25(19-24)37-2)20-28(33)30-23-12-10-22(11-13-23)18-29(34)31-15-4-5-16-31/h6-14,17,19H,4-5,15-16,18,20H2,1-3H3,(H,30,33). The summed E-state index contributed by atoms with van der Waals surface area (Å²) in [5.74, 6) is 0.181. The quantitative estimate of drug-likeness (QED) is 0.408.